The lowest BCUT2D eigenvalue weighted by atomic mass is 10.1. The lowest BCUT2D eigenvalue weighted by molar-refractivity contribution is -0.274. The number of para-hydroxylation sites is 1. The van der Waals surface area contributed by atoms with Gasteiger partial charge in [0.2, 0.25) is 0 Å². The summed E-state index contributed by atoms with van der Waals surface area (Å²) in [7, 11) is 1.71. The molecule has 0 saturated carbocycles. The van der Waals surface area contributed by atoms with E-state index in [2.05, 4.69) is 31.9 Å². The molecule has 0 aliphatic heterocycles. The molecule has 0 unspecified atom stereocenters. The number of aliphatic imine (C=N–C) groups is 2. The molecule has 0 aliphatic rings. The van der Waals surface area contributed by atoms with E-state index >= 15 is 0 Å². The van der Waals surface area contributed by atoms with Crippen molar-refractivity contribution in [3.05, 3.63) is 95.6 Å². The van der Waals surface area contributed by atoms with Gasteiger partial charge in [-0.15, -0.1) is 13.2 Å². The van der Waals surface area contributed by atoms with Crippen LogP contribution in [0.3, 0.4) is 0 Å². The predicted molar refractivity (Wildman–Crippen MR) is 146 cm³/mol. The van der Waals surface area contributed by atoms with Crippen molar-refractivity contribution in [2.24, 2.45) is 9.98 Å². The van der Waals surface area contributed by atoms with Crippen molar-refractivity contribution in [1.29, 1.82) is 0 Å². The van der Waals surface area contributed by atoms with E-state index in [1.807, 2.05) is 56.3 Å². The number of anilines is 2. The van der Waals surface area contributed by atoms with Crippen LogP contribution in [0.5, 0.6) is 5.75 Å². The monoisotopic (exact) mass is 523 g/mol. The van der Waals surface area contributed by atoms with Crippen molar-refractivity contribution in [2.45, 2.75) is 20.2 Å². The number of aryl methyl sites for hydroxylation is 2. The zero-order chi connectivity index (χ0) is 27.7. The minimum absolute atomic E-state index is 0.0949. The third-order valence-electron chi connectivity index (χ3n) is 5.38. The highest BCUT2D eigenvalue weighted by atomic mass is 19.4. The molecule has 0 aliphatic carbocycles. The number of hydrogen-bond donors (Lipinski definition) is 2. The quantitative estimate of drug-likeness (QED) is 0.247. The molecular weight excluding hydrogens is 495 g/mol. The van der Waals surface area contributed by atoms with Crippen molar-refractivity contribution < 1.29 is 22.7 Å². The molecule has 2 amide bonds. The maximum absolute atomic E-state index is 12.3. The number of hydrogen-bond acceptors (Lipinski definition) is 4. The molecule has 3 aromatic rings. The molecule has 0 atom stereocenters. The molecule has 0 bridgehead atoms. The Bertz CT molecular complexity index is 1310. The molecule has 198 valence electrons. The predicted octanol–water partition coefficient (Wildman–Crippen LogP) is 6.54. The fraction of sp³-hybridized carbons (Fsp3) is 0.179. The standard InChI is InChI=1S/C28H28F3N5O2/c1-19-7-5-8-20(2)26(19)35-27(37)33-17-32-16-22-9-6-10-23(15-22)21(3)34-18-36(4)24-11-13-25(14-12-24)38-28(29,30)31/h5-16,18H,3,17H2,1-2,4H3,(H2,33,35,37)/b32-16-,34-18-. The molecule has 0 saturated heterocycles. The Kier molecular flexibility index (Phi) is 9.26. The van der Waals surface area contributed by atoms with Crippen molar-refractivity contribution in [3.63, 3.8) is 0 Å². The van der Waals surface area contributed by atoms with E-state index in [0.29, 0.717) is 11.4 Å². The molecule has 0 radical (unpaired) electrons. The molecule has 0 aromatic heterocycles. The molecule has 3 rings (SSSR count). The summed E-state index contributed by atoms with van der Waals surface area (Å²) < 4.78 is 40.9. The summed E-state index contributed by atoms with van der Waals surface area (Å²) in [6.45, 7) is 7.93. The number of rotatable bonds is 9. The number of nitrogens with one attached hydrogen (secondary N) is 2. The number of halogens is 3. The van der Waals surface area contributed by atoms with Crippen LogP contribution in [-0.2, 0) is 0 Å². The average molecular weight is 524 g/mol. The molecule has 0 spiro atoms. The first kappa shape index (κ1) is 28.0. The van der Waals surface area contributed by atoms with Crippen LogP contribution in [0.25, 0.3) is 5.70 Å². The van der Waals surface area contributed by atoms with Gasteiger partial charge in [-0.2, -0.15) is 0 Å². The first-order valence-electron chi connectivity index (χ1n) is 11.5. The largest absolute Gasteiger partial charge is 0.573 e. The van der Waals surface area contributed by atoms with Gasteiger partial charge in [0, 0.05) is 30.2 Å². The van der Waals surface area contributed by atoms with Crippen LogP contribution >= 0.6 is 0 Å². The number of benzene rings is 3. The minimum Gasteiger partial charge on any atom is -0.406 e. The van der Waals surface area contributed by atoms with E-state index in [9.17, 15) is 18.0 Å². The van der Waals surface area contributed by atoms with Gasteiger partial charge < -0.3 is 20.3 Å². The number of carbonyl (C=O) groups is 1. The molecule has 0 heterocycles. The van der Waals surface area contributed by atoms with Crippen molar-refractivity contribution in [1.82, 2.24) is 5.32 Å². The van der Waals surface area contributed by atoms with Gasteiger partial charge >= 0.3 is 12.4 Å². The summed E-state index contributed by atoms with van der Waals surface area (Å²) in [5, 5.41) is 5.54. The Morgan fingerprint density at radius 3 is 2.37 bits per heavy atom. The topological polar surface area (TPSA) is 78.3 Å². The summed E-state index contributed by atoms with van der Waals surface area (Å²) in [5.41, 5.74) is 5.38. The molecule has 38 heavy (non-hydrogen) atoms. The maximum atomic E-state index is 12.3. The Balaban J connectivity index is 1.53. The summed E-state index contributed by atoms with van der Waals surface area (Å²) >= 11 is 0. The van der Waals surface area contributed by atoms with Crippen molar-refractivity contribution in [2.75, 3.05) is 23.9 Å². The number of alkyl halides is 3. The highest BCUT2D eigenvalue weighted by Gasteiger charge is 2.31. The van der Waals surface area contributed by atoms with Crippen LogP contribution in [0.4, 0.5) is 29.3 Å². The second-order valence-electron chi connectivity index (χ2n) is 8.34. The average Bonchev–Trinajstić information content (AvgIpc) is 2.87. The van der Waals surface area contributed by atoms with Crippen LogP contribution in [0.1, 0.15) is 22.3 Å². The zero-order valence-electron chi connectivity index (χ0n) is 21.2. The molecule has 3 aromatic carbocycles. The maximum Gasteiger partial charge on any atom is 0.573 e. The van der Waals surface area contributed by atoms with Gasteiger partial charge in [-0.1, -0.05) is 43.0 Å². The lowest BCUT2D eigenvalue weighted by Crippen LogP contribution is -2.29. The fourth-order valence-corrected chi connectivity index (χ4v) is 3.42. The van der Waals surface area contributed by atoms with Crippen LogP contribution in [0.2, 0.25) is 0 Å². The van der Waals surface area contributed by atoms with Crippen LogP contribution in [0.15, 0.2) is 83.3 Å². The van der Waals surface area contributed by atoms with E-state index in [1.165, 1.54) is 30.6 Å². The van der Waals surface area contributed by atoms with Crippen LogP contribution in [0, 0.1) is 13.8 Å². The minimum atomic E-state index is -4.74. The van der Waals surface area contributed by atoms with Gasteiger partial charge in [-0.3, -0.25) is 4.99 Å². The summed E-state index contributed by atoms with van der Waals surface area (Å²) in [6.07, 6.45) is -1.59. The Morgan fingerprint density at radius 2 is 1.71 bits per heavy atom. The first-order chi connectivity index (χ1) is 18.0. The zero-order valence-corrected chi connectivity index (χ0v) is 21.2. The van der Waals surface area contributed by atoms with E-state index in [1.54, 1.807) is 18.2 Å². The SMILES string of the molecule is C=C(/N=C\N(C)c1ccc(OC(F)(F)F)cc1)c1cccc(/C=N\CNC(=O)Nc2c(C)cccc2C)c1. The van der Waals surface area contributed by atoms with Crippen LogP contribution < -0.4 is 20.3 Å². The summed E-state index contributed by atoms with van der Waals surface area (Å²) in [6, 6.07) is 18.3. The lowest BCUT2D eigenvalue weighted by Gasteiger charge is -2.15. The van der Waals surface area contributed by atoms with E-state index in [0.717, 1.165) is 27.9 Å². The first-order valence-corrected chi connectivity index (χ1v) is 11.5. The van der Waals surface area contributed by atoms with Gasteiger partial charge in [-0.05, 0) is 60.9 Å². The second kappa shape index (κ2) is 12.6. The molecule has 0 fully saturated rings. The van der Waals surface area contributed by atoms with Gasteiger partial charge in [0.1, 0.15) is 12.4 Å². The Morgan fingerprint density at radius 1 is 1.05 bits per heavy atom. The Hall–Kier alpha value is -4.60. The van der Waals surface area contributed by atoms with E-state index < -0.39 is 6.36 Å². The second-order valence-corrected chi connectivity index (χ2v) is 8.34. The summed E-state index contributed by atoms with van der Waals surface area (Å²) in [4.78, 5) is 22.4. The summed E-state index contributed by atoms with van der Waals surface area (Å²) in [5.74, 6) is -0.299. The molecular formula is C28H28F3N5O2. The van der Waals surface area contributed by atoms with Gasteiger partial charge in [0.05, 0.1) is 12.0 Å². The number of ether oxygens (including phenoxy) is 1. The van der Waals surface area contributed by atoms with Crippen molar-refractivity contribution >= 4 is 35.7 Å². The number of carbonyl (C=O) groups excluding carboxylic acids is 1. The smallest absolute Gasteiger partial charge is 0.406 e. The van der Waals surface area contributed by atoms with E-state index in [-0.39, 0.29) is 18.4 Å². The van der Waals surface area contributed by atoms with Gasteiger partial charge in [-0.25, -0.2) is 9.79 Å². The highest BCUT2D eigenvalue weighted by molar-refractivity contribution is 5.91. The van der Waals surface area contributed by atoms with E-state index in [4.69, 9.17) is 0 Å². The normalized spacial score (nSPS) is 11.5. The third kappa shape index (κ3) is 8.51. The molecule has 2 N–H and O–H groups in total. The van der Waals surface area contributed by atoms with Gasteiger partial charge in [0.25, 0.3) is 0 Å². The number of nitrogens with zero attached hydrogens (tertiary/aromatic N) is 3. The fourth-order valence-electron chi connectivity index (χ4n) is 3.42. The van der Waals surface area contributed by atoms with Crippen molar-refractivity contribution in [3.8, 4) is 5.75 Å². The number of urea groups is 1. The highest BCUT2D eigenvalue weighted by Crippen LogP contribution is 2.25. The third-order valence-corrected chi connectivity index (χ3v) is 5.38. The van der Waals surface area contributed by atoms with Gasteiger partial charge in [0.15, 0.2) is 0 Å². The Labute approximate surface area is 219 Å². The van der Waals surface area contributed by atoms with Crippen LogP contribution in [-0.4, -0.2) is 38.7 Å². The number of amides is 2. The molecule has 10 heteroatoms. The molecule has 7 nitrogen and oxygen atoms in total.